The number of carbonyl (C=O) groups excluding carboxylic acids is 1. The summed E-state index contributed by atoms with van der Waals surface area (Å²) in [5.74, 6) is -0.993. The van der Waals surface area contributed by atoms with Gasteiger partial charge < -0.3 is 10.1 Å². The Kier molecular flexibility index (Phi) is 5.81. The molecule has 4 nitrogen and oxygen atoms in total. The maximum atomic E-state index is 13.2. The summed E-state index contributed by atoms with van der Waals surface area (Å²) >= 11 is 1.36. The van der Waals surface area contributed by atoms with E-state index in [1.54, 1.807) is 17.5 Å². The number of halogens is 2. The van der Waals surface area contributed by atoms with E-state index in [9.17, 15) is 13.6 Å². The fourth-order valence-corrected chi connectivity index (χ4v) is 3.59. The quantitative estimate of drug-likeness (QED) is 0.420. The Morgan fingerprint density at radius 3 is 2.37 bits per heavy atom. The number of carbonyl (C=O) groups is 1. The zero-order valence-corrected chi connectivity index (χ0v) is 16.5. The summed E-state index contributed by atoms with van der Waals surface area (Å²) in [6, 6.07) is 19.6. The minimum absolute atomic E-state index is 0.0507. The highest BCUT2D eigenvalue weighted by Crippen LogP contribution is 2.26. The third kappa shape index (κ3) is 4.87. The summed E-state index contributed by atoms with van der Waals surface area (Å²) < 4.78 is 32.1. The molecular formula is C23H16F2N2O2S. The summed E-state index contributed by atoms with van der Waals surface area (Å²) in [5.41, 5.74) is 2.29. The molecule has 0 unspecified atom stereocenters. The summed E-state index contributed by atoms with van der Waals surface area (Å²) in [5, 5.41) is 5.21. The van der Waals surface area contributed by atoms with Crippen molar-refractivity contribution in [2.45, 2.75) is 6.61 Å². The van der Waals surface area contributed by atoms with E-state index in [1.165, 1.54) is 23.5 Å². The Morgan fingerprint density at radius 2 is 1.67 bits per heavy atom. The second-order valence-electron chi connectivity index (χ2n) is 6.45. The van der Waals surface area contributed by atoms with Gasteiger partial charge in [-0.3, -0.25) is 4.79 Å². The molecule has 0 spiro atoms. The van der Waals surface area contributed by atoms with Crippen molar-refractivity contribution in [1.82, 2.24) is 4.98 Å². The van der Waals surface area contributed by atoms with Gasteiger partial charge in [-0.2, -0.15) is 0 Å². The monoisotopic (exact) mass is 422 g/mol. The van der Waals surface area contributed by atoms with Crippen LogP contribution in [0.4, 0.5) is 14.5 Å². The molecule has 0 aliphatic heterocycles. The second-order valence-corrected chi connectivity index (χ2v) is 7.31. The Hall–Kier alpha value is -3.58. The molecule has 4 aromatic rings. The van der Waals surface area contributed by atoms with Gasteiger partial charge in [0.15, 0.2) is 0 Å². The fraction of sp³-hybridized carbons (Fsp3) is 0.0435. The normalized spacial score (nSPS) is 10.6. The number of amides is 1. The highest BCUT2D eigenvalue weighted by atomic mass is 32.1. The lowest BCUT2D eigenvalue weighted by Gasteiger charge is -2.07. The van der Waals surface area contributed by atoms with Crippen LogP contribution >= 0.6 is 11.3 Å². The van der Waals surface area contributed by atoms with Crippen LogP contribution in [0.2, 0.25) is 0 Å². The minimum Gasteiger partial charge on any atom is -0.489 e. The molecule has 1 amide bonds. The van der Waals surface area contributed by atoms with Crippen LogP contribution in [0.1, 0.15) is 16.1 Å². The van der Waals surface area contributed by atoms with Crippen LogP contribution in [0, 0.1) is 11.6 Å². The van der Waals surface area contributed by atoms with Crippen molar-refractivity contribution < 1.29 is 18.3 Å². The van der Waals surface area contributed by atoms with Gasteiger partial charge in [0.25, 0.3) is 5.91 Å². The number of ether oxygens (including phenoxy) is 1. The Morgan fingerprint density at radius 1 is 0.967 bits per heavy atom. The van der Waals surface area contributed by atoms with Crippen molar-refractivity contribution in [2.75, 3.05) is 5.32 Å². The standard InChI is InChI=1S/C23H16F2N2O2S/c24-17-10-15(11-18(25)12-17)13-29-20-8-6-16(7-9-20)23-27-21(14-30-23)22(28)26-19-4-2-1-3-5-19/h1-12,14H,13H2,(H,26,28). The first-order chi connectivity index (χ1) is 14.6. The van der Waals surface area contributed by atoms with Gasteiger partial charge in [0.2, 0.25) is 0 Å². The van der Waals surface area contributed by atoms with Crippen LogP contribution in [-0.2, 0) is 6.61 Å². The van der Waals surface area contributed by atoms with E-state index in [2.05, 4.69) is 10.3 Å². The molecule has 0 saturated heterocycles. The number of nitrogens with zero attached hydrogens (tertiary/aromatic N) is 1. The number of anilines is 1. The molecule has 0 aliphatic carbocycles. The zero-order chi connectivity index (χ0) is 20.9. The van der Waals surface area contributed by atoms with Gasteiger partial charge >= 0.3 is 0 Å². The topological polar surface area (TPSA) is 51.2 Å². The molecule has 1 heterocycles. The van der Waals surface area contributed by atoms with Crippen LogP contribution in [0.5, 0.6) is 5.75 Å². The number of thiazole rings is 1. The molecule has 0 aliphatic rings. The van der Waals surface area contributed by atoms with E-state index in [1.807, 2.05) is 42.5 Å². The average molecular weight is 422 g/mol. The van der Waals surface area contributed by atoms with Crippen molar-refractivity contribution in [2.24, 2.45) is 0 Å². The third-order valence-electron chi connectivity index (χ3n) is 4.20. The van der Waals surface area contributed by atoms with Crippen LogP contribution in [0.25, 0.3) is 10.6 Å². The summed E-state index contributed by atoms with van der Waals surface area (Å²) in [6.45, 7) is 0.0507. The number of nitrogens with one attached hydrogen (secondary N) is 1. The molecule has 0 radical (unpaired) electrons. The number of hydrogen-bond acceptors (Lipinski definition) is 4. The number of para-hydroxylation sites is 1. The van der Waals surface area contributed by atoms with Gasteiger partial charge in [-0.25, -0.2) is 13.8 Å². The van der Waals surface area contributed by atoms with Gasteiger partial charge in [-0.1, -0.05) is 18.2 Å². The molecular weight excluding hydrogens is 406 g/mol. The minimum atomic E-state index is -0.639. The van der Waals surface area contributed by atoms with Crippen LogP contribution < -0.4 is 10.1 Å². The molecule has 1 aromatic heterocycles. The number of aromatic nitrogens is 1. The molecule has 150 valence electrons. The maximum Gasteiger partial charge on any atom is 0.275 e. The van der Waals surface area contributed by atoms with Gasteiger partial charge in [-0.15, -0.1) is 11.3 Å². The lowest BCUT2D eigenvalue weighted by atomic mass is 10.2. The zero-order valence-electron chi connectivity index (χ0n) is 15.6. The molecule has 0 fully saturated rings. The summed E-state index contributed by atoms with van der Waals surface area (Å²) in [4.78, 5) is 16.7. The van der Waals surface area contributed by atoms with Crippen molar-refractivity contribution in [1.29, 1.82) is 0 Å². The molecule has 0 bridgehead atoms. The number of hydrogen-bond donors (Lipinski definition) is 1. The maximum absolute atomic E-state index is 13.2. The lowest BCUT2D eigenvalue weighted by molar-refractivity contribution is 0.102. The van der Waals surface area contributed by atoms with Gasteiger partial charge in [0.1, 0.15) is 34.7 Å². The predicted molar refractivity (Wildman–Crippen MR) is 113 cm³/mol. The number of benzene rings is 3. The first-order valence-electron chi connectivity index (χ1n) is 9.07. The Bertz CT molecular complexity index is 1140. The van der Waals surface area contributed by atoms with E-state index in [4.69, 9.17) is 4.74 Å². The van der Waals surface area contributed by atoms with Crippen molar-refractivity contribution >= 4 is 22.9 Å². The SMILES string of the molecule is O=C(Nc1ccccc1)c1csc(-c2ccc(OCc3cc(F)cc(F)c3)cc2)n1. The third-order valence-corrected chi connectivity index (χ3v) is 5.09. The molecule has 30 heavy (non-hydrogen) atoms. The molecule has 0 saturated carbocycles. The largest absolute Gasteiger partial charge is 0.489 e. The van der Waals surface area contributed by atoms with E-state index in [-0.39, 0.29) is 12.5 Å². The average Bonchev–Trinajstić information content (AvgIpc) is 3.23. The molecule has 4 rings (SSSR count). The van der Waals surface area contributed by atoms with Gasteiger partial charge in [0, 0.05) is 22.7 Å². The highest BCUT2D eigenvalue weighted by molar-refractivity contribution is 7.13. The van der Waals surface area contributed by atoms with Crippen LogP contribution in [0.3, 0.4) is 0 Å². The highest BCUT2D eigenvalue weighted by Gasteiger charge is 2.12. The number of rotatable bonds is 6. The van der Waals surface area contributed by atoms with E-state index in [0.717, 1.165) is 11.6 Å². The first kappa shape index (κ1) is 19.7. The molecule has 0 atom stereocenters. The smallest absolute Gasteiger partial charge is 0.275 e. The van der Waals surface area contributed by atoms with E-state index in [0.29, 0.717) is 27.7 Å². The van der Waals surface area contributed by atoms with Crippen molar-refractivity contribution in [3.8, 4) is 16.3 Å². The predicted octanol–water partition coefficient (Wildman–Crippen LogP) is 5.92. The molecule has 1 N–H and O–H groups in total. The van der Waals surface area contributed by atoms with Crippen molar-refractivity contribution in [3.05, 3.63) is 101 Å². The Balaban J connectivity index is 1.40. The fourth-order valence-electron chi connectivity index (χ4n) is 2.78. The summed E-state index contributed by atoms with van der Waals surface area (Å²) in [7, 11) is 0. The lowest BCUT2D eigenvalue weighted by Crippen LogP contribution is -2.12. The van der Waals surface area contributed by atoms with E-state index < -0.39 is 11.6 Å². The van der Waals surface area contributed by atoms with Gasteiger partial charge in [-0.05, 0) is 54.1 Å². The molecule has 7 heteroatoms. The van der Waals surface area contributed by atoms with Crippen molar-refractivity contribution in [3.63, 3.8) is 0 Å². The van der Waals surface area contributed by atoms with Crippen LogP contribution in [-0.4, -0.2) is 10.9 Å². The van der Waals surface area contributed by atoms with Crippen LogP contribution in [0.15, 0.2) is 78.2 Å². The second kappa shape index (κ2) is 8.84. The first-order valence-corrected chi connectivity index (χ1v) is 9.95. The van der Waals surface area contributed by atoms with Gasteiger partial charge in [0.05, 0.1) is 0 Å². The molecule has 3 aromatic carbocycles. The Labute approximate surface area is 175 Å². The van der Waals surface area contributed by atoms with E-state index >= 15 is 0 Å². The summed E-state index contributed by atoms with van der Waals surface area (Å²) in [6.07, 6.45) is 0.